The first-order valence-corrected chi connectivity index (χ1v) is 11.8. The van der Waals surface area contributed by atoms with E-state index in [1.807, 2.05) is 31.2 Å². The molecule has 1 N–H and O–H groups in total. The highest BCUT2D eigenvalue weighted by Gasteiger charge is 2.22. The van der Waals surface area contributed by atoms with Gasteiger partial charge < -0.3 is 14.5 Å². The highest BCUT2D eigenvalue weighted by molar-refractivity contribution is 7.91. The van der Waals surface area contributed by atoms with Gasteiger partial charge in [0.2, 0.25) is 11.8 Å². The van der Waals surface area contributed by atoms with Gasteiger partial charge >= 0.3 is 5.97 Å². The van der Waals surface area contributed by atoms with Gasteiger partial charge in [-0.05, 0) is 56.7 Å². The molecule has 168 valence electrons. The summed E-state index contributed by atoms with van der Waals surface area (Å²) in [7, 11) is -3.79. The number of carbonyl (C=O) groups is 2. The van der Waals surface area contributed by atoms with Crippen molar-refractivity contribution in [2.75, 3.05) is 17.7 Å². The molecule has 0 radical (unpaired) electrons. The third kappa shape index (κ3) is 5.82. The molecular weight excluding hydrogens is 432 g/mol. The first-order valence-electron chi connectivity index (χ1n) is 9.98. The monoisotopic (exact) mass is 456 g/mol. The van der Waals surface area contributed by atoms with Crippen molar-refractivity contribution in [2.24, 2.45) is 0 Å². The zero-order valence-electron chi connectivity index (χ0n) is 18.0. The van der Waals surface area contributed by atoms with Gasteiger partial charge in [0.1, 0.15) is 11.5 Å². The molecule has 0 aliphatic heterocycles. The quantitative estimate of drug-likeness (QED) is 0.514. The van der Waals surface area contributed by atoms with Crippen LogP contribution in [-0.4, -0.2) is 37.6 Å². The molecule has 0 unspecified atom stereocenters. The maximum Gasteiger partial charge on any atom is 0.338 e. The van der Waals surface area contributed by atoms with E-state index in [0.717, 1.165) is 11.1 Å². The molecular formula is C23H24N2O6S. The van der Waals surface area contributed by atoms with E-state index in [4.69, 9.17) is 9.15 Å². The minimum atomic E-state index is -3.79. The number of carbonyl (C=O) groups excluding carboxylic acids is 2. The lowest BCUT2D eigenvalue weighted by Gasteiger charge is -2.07. The van der Waals surface area contributed by atoms with Gasteiger partial charge in [0, 0.05) is 11.3 Å². The minimum Gasteiger partial charge on any atom is -0.462 e. The van der Waals surface area contributed by atoms with E-state index in [-0.39, 0.29) is 12.3 Å². The molecule has 1 amide bonds. The summed E-state index contributed by atoms with van der Waals surface area (Å²) in [5.41, 5.74) is 2.72. The third-order valence-corrected chi connectivity index (χ3v) is 6.07. The first-order chi connectivity index (χ1) is 15.2. The SMILES string of the molecule is CCOC(=O)c1ccc(NC(=O)CS(=O)(=O)Cc2nc(-c3ccccc3C)oc2C)cc1. The van der Waals surface area contributed by atoms with Crippen LogP contribution in [0.3, 0.4) is 0 Å². The van der Waals surface area contributed by atoms with Crippen LogP contribution in [-0.2, 0) is 25.1 Å². The fraction of sp³-hybridized carbons (Fsp3) is 0.261. The minimum absolute atomic E-state index is 0.257. The van der Waals surface area contributed by atoms with Gasteiger partial charge in [-0.25, -0.2) is 18.2 Å². The number of oxazole rings is 1. The molecule has 1 aromatic heterocycles. The summed E-state index contributed by atoms with van der Waals surface area (Å²) in [4.78, 5) is 28.3. The molecule has 0 aliphatic carbocycles. The predicted octanol–water partition coefficient (Wildman–Crippen LogP) is 3.69. The summed E-state index contributed by atoms with van der Waals surface area (Å²) in [6.45, 7) is 5.52. The summed E-state index contributed by atoms with van der Waals surface area (Å²) < 4.78 is 35.7. The van der Waals surface area contributed by atoms with Crippen molar-refractivity contribution >= 4 is 27.4 Å². The second-order valence-electron chi connectivity index (χ2n) is 7.22. The number of ether oxygens (including phenoxy) is 1. The van der Waals surface area contributed by atoms with Crippen molar-refractivity contribution in [1.82, 2.24) is 4.98 Å². The zero-order chi connectivity index (χ0) is 23.3. The number of aromatic nitrogens is 1. The average Bonchev–Trinajstić information content (AvgIpc) is 3.07. The number of anilines is 1. The molecule has 1 heterocycles. The number of amides is 1. The number of esters is 1. The van der Waals surface area contributed by atoms with Gasteiger partial charge in [-0.15, -0.1) is 0 Å². The van der Waals surface area contributed by atoms with E-state index < -0.39 is 33.2 Å². The molecule has 0 saturated heterocycles. The van der Waals surface area contributed by atoms with Crippen molar-refractivity contribution in [3.8, 4) is 11.5 Å². The number of hydrogen-bond acceptors (Lipinski definition) is 7. The van der Waals surface area contributed by atoms with Crippen LogP contribution in [0.2, 0.25) is 0 Å². The van der Waals surface area contributed by atoms with Crippen molar-refractivity contribution in [3.63, 3.8) is 0 Å². The normalized spacial score (nSPS) is 11.2. The van der Waals surface area contributed by atoms with Crippen molar-refractivity contribution < 1.29 is 27.2 Å². The first kappa shape index (κ1) is 23.2. The number of aryl methyl sites for hydroxylation is 2. The molecule has 0 fully saturated rings. The highest BCUT2D eigenvalue weighted by Crippen LogP contribution is 2.25. The van der Waals surface area contributed by atoms with Gasteiger partial charge in [-0.3, -0.25) is 4.79 Å². The standard InChI is InChI=1S/C23H24N2O6S/c1-4-30-23(27)17-9-11-18(12-10-17)24-21(26)14-32(28,29)13-20-16(3)31-22(25-20)19-8-6-5-7-15(19)2/h5-12H,4,13-14H2,1-3H3,(H,24,26). The molecule has 8 nitrogen and oxygen atoms in total. The second-order valence-corrected chi connectivity index (χ2v) is 9.28. The van der Waals surface area contributed by atoms with Crippen LogP contribution in [0.25, 0.3) is 11.5 Å². The van der Waals surface area contributed by atoms with E-state index in [9.17, 15) is 18.0 Å². The van der Waals surface area contributed by atoms with Gasteiger partial charge in [0.25, 0.3) is 0 Å². The van der Waals surface area contributed by atoms with E-state index >= 15 is 0 Å². The Bertz CT molecular complexity index is 1230. The maximum atomic E-state index is 12.6. The van der Waals surface area contributed by atoms with Crippen molar-refractivity contribution in [2.45, 2.75) is 26.5 Å². The average molecular weight is 457 g/mol. The van der Waals surface area contributed by atoms with E-state index in [2.05, 4.69) is 10.3 Å². The molecule has 3 rings (SSSR count). The number of sulfone groups is 1. The Morgan fingerprint density at radius 3 is 2.41 bits per heavy atom. The summed E-state index contributed by atoms with van der Waals surface area (Å²) in [5.74, 6) is -1.55. The van der Waals surface area contributed by atoms with E-state index in [1.165, 1.54) is 24.3 Å². The lowest BCUT2D eigenvalue weighted by atomic mass is 10.1. The van der Waals surface area contributed by atoms with Crippen LogP contribution in [0.5, 0.6) is 0 Å². The van der Waals surface area contributed by atoms with Gasteiger partial charge in [-0.2, -0.15) is 0 Å². The van der Waals surface area contributed by atoms with Crippen LogP contribution >= 0.6 is 0 Å². The summed E-state index contributed by atoms with van der Waals surface area (Å²) in [6.07, 6.45) is 0. The van der Waals surface area contributed by atoms with Crippen molar-refractivity contribution in [3.05, 3.63) is 71.1 Å². The topological polar surface area (TPSA) is 116 Å². The molecule has 0 aliphatic rings. The maximum absolute atomic E-state index is 12.6. The number of hydrogen-bond donors (Lipinski definition) is 1. The molecule has 3 aromatic rings. The van der Waals surface area contributed by atoms with E-state index in [1.54, 1.807) is 13.8 Å². The van der Waals surface area contributed by atoms with Gasteiger partial charge in [-0.1, -0.05) is 18.2 Å². The Morgan fingerprint density at radius 2 is 1.75 bits per heavy atom. The number of nitrogens with zero attached hydrogens (tertiary/aromatic N) is 1. The summed E-state index contributed by atoms with van der Waals surface area (Å²) >= 11 is 0. The second kappa shape index (κ2) is 9.78. The molecule has 0 bridgehead atoms. The Hall–Kier alpha value is -3.46. The molecule has 0 saturated carbocycles. The van der Waals surface area contributed by atoms with Crippen molar-refractivity contribution in [1.29, 1.82) is 0 Å². The smallest absolute Gasteiger partial charge is 0.338 e. The molecule has 2 aromatic carbocycles. The highest BCUT2D eigenvalue weighted by atomic mass is 32.2. The lowest BCUT2D eigenvalue weighted by molar-refractivity contribution is -0.113. The third-order valence-electron chi connectivity index (χ3n) is 4.66. The van der Waals surface area contributed by atoms with Crippen LogP contribution < -0.4 is 5.32 Å². The predicted molar refractivity (Wildman–Crippen MR) is 120 cm³/mol. The van der Waals surface area contributed by atoms with Gasteiger partial charge in [0.15, 0.2) is 9.84 Å². The van der Waals surface area contributed by atoms with Gasteiger partial charge in [0.05, 0.1) is 23.6 Å². The van der Waals surface area contributed by atoms with Crippen LogP contribution in [0.4, 0.5) is 5.69 Å². The summed E-state index contributed by atoms with van der Waals surface area (Å²) in [6, 6.07) is 13.5. The van der Waals surface area contributed by atoms with Crippen LogP contribution in [0.1, 0.15) is 34.3 Å². The fourth-order valence-electron chi connectivity index (χ4n) is 3.05. The lowest BCUT2D eigenvalue weighted by Crippen LogP contribution is -2.24. The van der Waals surface area contributed by atoms with Crippen LogP contribution in [0.15, 0.2) is 52.9 Å². The summed E-state index contributed by atoms with van der Waals surface area (Å²) in [5, 5.41) is 2.52. The molecule has 0 atom stereocenters. The molecule has 0 spiro atoms. The van der Waals surface area contributed by atoms with E-state index in [0.29, 0.717) is 22.9 Å². The number of benzene rings is 2. The zero-order valence-corrected chi connectivity index (χ0v) is 18.9. The Labute approximate surface area is 186 Å². The largest absolute Gasteiger partial charge is 0.462 e. The number of rotatable bonds is 8. The Balaban J connectivity index is 1.65. The Kier molecular flexibility index (Phi) is 7.09. The molecule has 32 heavy (non-hydrogen) atoms. The molecule has 9 heteroatoms. The fourth-order valence-corrected chi connectivity index (χ4v) is 4.31. The number of nitrogens with one attached hydrogen (secondary N) is 1. The Morgan fingerprint density at radius 1 is 1.06 bits per heavy atom. The van der Waals surface area contributed by atoms with Crippen LogP contribution in [0, 0.1) is 13.8 Å².